The maximum absolute atomic E-state index is 13.4. The summed E-state index contributed by atoms with van der Waals surface area (Å²) < 4.78 is 0. The van der Waals surface area contributed by atoms with Crippen molar-refractivity contribution in [3.63, 3.8) is 0 Å². The van der Waals surface area contributed by atoms with E-state index in [9.17, 15) is 4.79 Å². The van der Waals surface area contributed by atoms with E-state index in [0.717, 1.165) is 38.9 Å². The van der Waals surface area contributed by atoms with Crippen LogP contribution in [-0.4, -0.2) is 42.5 Å². The van der Waals surface area contributed by atoms with Gasteiger partial charge in [0, 0.05) is 32.0 Å². The number of hydrogen-bond donors (Lipinski definition) is 2. The largest absolute Gasteiger partial charge is 0.353 e. The minimum atomic E-state index is -0.516. The van der Waals surface area contributed by atoms with Crippen LogP contribution in [0.15, 0.2) is 54.6 Å². The lowest BCUT2D eigenvalue weighted by atomic mass is 9.91. The van der Waals surface area contributed by atoms with Gasteiger partial charge in [0.15, 0.2) is 0 Å². The van der Waals surface area contributed by atoms with Gasteiger partial charge in [-0.1, -0.05) is 54.6 Å². The molecular weight excluding hydrogens is 334 g/mol. The van der Waals surface area contributed by atoms with Gasteiger partial charge in [-0.2, -0.15) is 0 Å². The SMILES string of the molecule is CN(Cc1ccccc1)C1(C(=O)NC[C@@H]2CCCN2)Cc2ccccc2C1. The minimum absolute atomic E-state index is 0.158. The van der Waals surface area contributed by atoms with Crippen molar-refractivity contribution >= 4 is 5.91 Å². The van der Waals surface area contributed by atoms with E-state index in [1.165, 1.54) is 23.1 Å². The predicted octanol–water partition coefficient (Wildman–Crippen LogP) is 2.52. The molecule has 0 bridgehead atoms. The first kappa shape index (κ1) is 18.2. The second-order valence-corrected chi connectivity index (χ2v) is 8.00. The van der Waals surface area contributed by atoms with Crippen molar-refractivity contribution in [3.05, 3.63) is 71.3 Å². The highest BCUT2D eigenvalue weighted by Crippen LogP contribution is 2.35. The van der Waals surface area contributed by atoms with Gasteiger partial charge >= 0.3 is 0 Å². The Kier molecular flexibility index (Phi) is 5.28. The Hall–Kier alpha value is -2.17. The number of rotatable bonds is 6. The zero-order valence-corrected chi connectivity index (χ0v) is 16.1. The second-order valence-electron chi connectivity index (χ2n) is 8.00. The van der Waals surface area contributed by atoms with E-state index in [1.54, 1.807) is 0 Å². The Morgan fingerprint density at radius 1 is 1.11 bits per heavy atom. The lowest BCUT2D eigenvalue weighted by molar-refractivity contribution is -0.132. The van der Waals surface area contributed by atoms with E-state index in [2.05, 4.69) is 71.1 Å². The molecule has 0 aromatic heterocycles. The van der Waals surface area contributed by atoms with Crippen LogP contribution in [0.2, 0.25) is 0 Å². The standard InChI is InChI=1S/C23H29N3O/c1-26(17-18-8-3-2-4-9-18)23(14-19-10-5-6-11-20(19)15-23)22(27)25-16-21-12-7-13-24-21/h2-6,8-11,21,24H,7,12-17H2,1H3,(H,25,27)/t21-/m0/s1. The first-order valence-electron chi connectivity index (χ1n) is 10.0. The molecule has 4 heteroatoms. The normalized spacial score (nSPS) is 20.6. The number of amides is 1. The summed E-state index contributed by atoms with van der Waals surface area (Å²) >= 11 is 0. The Morgan fingerprint density at radius 2 is 1.78 bits per heavy atom. The number of hydrogen-bond acceptors (Lipinski definition) is 3. The van der Waals surface area contributed by atoms with Crippen LogP contribution in [0.5, 0.6) is 0 Å². The molecule has 0 spiro atoms. The molecule has 1 fully saturated rings. The third-order valence-corrected chi connectivity index (χ3v) is 6.17. The average Bonchev–Trinajstić information content (AvgIpc) is 3.35. The number of fused-ring (bicyclic) bond motifs is 1. The van der Waals surface area contributed by atoms with E-state index in [1.807, 2.05) is 6.07 Å². The Labute approximate surface area is 162 Å². The fraction of sp³-hybridized carbons (Fsp3) is 0.435. The smallest absolute Gasteiger partial charge is 0.241 e. The van der Waals surface area contributed by atoms with Crippen molar-refractivity contribution in [2.45, 2.75) is 43.8 Å². The highest BCUT2D eigenvalue weighted by Gasteiger charge is 2.46. The fourth-order valence-corrected chi connectivity index (χ4v) is 4.52. The number of benzene rings is 2. The lowest BCUT2D eigenvalue weighted by Gasteiger charge is -2.38. The van der Waals surface area contributed by atoms with Gasteiger partial charge in [0.05, 0.1) is 0 Å². The molecule has 2 aromatic rings. The van der Waals surface area contributed by atoms with Gasteiger partial charge in [-0.25, -0.2) is 0 Å². The molecule has 2 N–H and O–H groups in total. The number of nitrogens with zero attached hydrogens (tertiary/aromatic N) is 1. The molecule has 4 nitrogen and oxygen atoms in total. The Bertz CT molecular complexity index is 758. The Balaban J connectivity index is 1.54. The fourth-order valence-electron chi connectivity index (χ4n) is 4.52. The van der Waals surface area contributed by atoms with Crippen LogP contribution in [-0.2, 0) is 24.2 Å². The van der Waals surface area contributed by atoms with E-state index in [0.29, 0.717) is 6.04 Å². The summed E-state index contributed by atoms with van der Waals surface area (Å²) in [6.45, 7) is 2.55. The molecule has 2 aromatic carbocycles. The van der Waals surface area contributed by atoms with Crippen LogP contribution in [0, 0.1) is 0 Å². The molecule has 0 radical (unpaired) electrons. The number of carbonyl (C=O) groups excluding carboxylic acids is 1. The zero-order valence-electron chi connectivity index (χ0n) is 16.1. The van der Waals surface area contributed by atoms with Crippen molar-refractivity contribution in [1.29, 1.82) is 0 Å². The van der Waals surface area contributed by atoms with Gasteiger partial charge in [-0.05, 0) is 43.1 Å². The molecule has 4 rings (SSSR count). The maximum Gasteiger partial charge on any atom is 0.241 e. The molecule has 142 valence electrons. The van der Waals surface area contributed by atoms with Crippen LogP contribution in [0.3, 0.4) is 0 Å². The van der Waals surface area contributed by atoms with Crippen molar-refractivity contribution in [2.75, 3.05) is 20.1 Å². The van der Waals surface area contributed by atoms with Gasteiger partial charge in [0.25, 0.3) is 0 Å². The number of carbonyl (C=O) groups is 1. The van der Waals surface area contributed by atoms with Crippen LogP contribution in [0.4, 0.5) is 0 Å². The summed E-state index contributed by atoms with van der Waals surface area (Å²) in [6.07, 6.45) is 3.89. The molecule has 1 heterocycles. The first-order valence-corrected chi connectivity index (χ1v) is 10.0. The lowest BCUT2D eigenvalue weighted by Crippen LogP contribution is -2.59. The topological polar surface area (TPSA) is 44.4 Å². The highest BCUT2D eigenvalue weighted by atomic mass is 16.2. The molecule has 1 amide bonds. The van der Waals surface area contributed by atoms with Gasteiger partial charge in [0.1, 0.15) is 5.54 Å². The Morgan fingerprint density at radius 3 is 2.41 bits per heavy atom. The molecular formula is C23H29N3O. The number of likely N-dealkylation sites (N-methyl/N-ethyl adjacent to an activating group) is 1. The minimum Gasteiger partial charge on any atom is -0.353 e. The monoisotopic (exact) mass is 363 g/mol. The third kappa shape index (κ3) is 3.78. The summed E-state index contributed by atoms with van der Waals surface area (Å²) in [5, 5.41) is 6.74. The molecule has 1 saturated heterocycles. The van der Waals surface area contributed by atoms with E-state index in [-0.39, 0.29) is 5.91 Å². The highest BCUT2D eigenvalue weighted by molar-refractivity contribution is 5.88. The van der Waals surface area contributed by atoms with Crippen molar-refractivity contribution in [2.24, 2.45) is 0 Å². The quantitative estimate of drug-likeness (QED) is 0.829. The van der Waals surface area contributed by atoms with Crippen molar-refractivity contribution < 1.29 is 4.79 Å². The van der Waals surface area contributed by atoms with Crippen molar-refractivity contribution in [3.8, 4) is 0 Å². The van der Waals surface area contributed by atoms with E-state index >= 15 is 0 Å². The first-order chi connectivity index (χ1) is 13.2. The second kappa shape index (κ2) is 7.83. The third-order valence-electron chi connectivity index (χ3n) is 6.17. The molecule has 0 saturated carbocycles. The van der Waals surface area contributed by atoms with Gasteiger partial charge < -0.3 is 10.6 Å². The van der Waals surface area contributed by atoms with Crippen LogP contribution in [0.1, 0.15) is 29.5 Å². The van der Waals surface area contributed by atoms with Crippen molar-refractivity contribution in [1.82, 2.24) is 15.5 Å². The molecule has 1 atom stereocenters. The number of nitrogens with one attached hydrogen (secondary N) is 2. The van der Waals surface area contributed by atoms with Crippen LogP contribution in [0.25, 0.3) is 0 Å². The van der Waals surface area contributed by atoms with Gasteiger partial charge in [0.2, 0.25) is 5.91 Å². The molecule has 0 unspecified atom stereocenters. The van der Waals surface area contributed by atoms with Crippen LogP contribution >= 0.6 is 0 Å². The van der Waals surface area contributed by atoms with Crippen LogP contribution < -0.4 is 10.6 Å². The summed E-state index contributed by atoms with van der Waals surface area (Å²) in [5.41, 5.74) is 3.32. The van der Waals surface area contributed by atoms with E-state index in [4.69, 9.17) is 0 Å². The molecule has 1 aliphatic carbocycles. The summed E-state index contributed by atoms with van der Waals surface area (Å²) in [5.74, 6) is 0.158. The average molecular weight is 364 g/mol. The summed E-state index contributed by atoms with van der Waals surface area (Å²) in [4.78, 5) is 15.7. The molecule has 1 aliphatic heterocycles. The molecule has 27 heavy (non-hydrogen) atoms. The zero-order chi connectivity index (χ0) is 18.7. The summed E-state index contributed by atoms with van der Waals surface area (Å²) in [7, 11) is 2.09. The predicted molar refractivity (Wildman–Crippen MR) is 109 cm³/mol. The molecule has 2 aliphatic rings. The summed E-state index contributed by atoms with van der Waals surface area (Å²) in [6, 6.07) is 19.3. The van der Waals surface area contributed by atoms with Gasteiger partial charge in [-0.3, -0.25) is 9.69 Å². The van der Waals surface area contributed by atoms with E-state index < -0.39 is 5.54 Å². The maximum atomic E-state index is 13.4. The van der Waals surface area contributed by atoms with Gasteiger partial charge in [-0.15, -0.1) is 0 Å².